The van der Waals surface area contributed by atoms with Crippen LogP contribution < -0.4 is 23.7 Å². The molecule has 2 atom stereocenters. The lowest BCUT2D eigenvalue weighted by Crippen LogP contribution is -2.08. The molecule has 0 amide bonds. The van der Waals surface area contributed by atoms with E-state index in [2.05, 4.69) is 19.1 Å². The third-order valence-corrected chi connectivity index (χ3v) is 4.89. The Labute approximate surface area is 160 Å². The van der Waals surface area contributed by atoms with Gasteiger partial charge in [-0.25, -0.2) is 0 Å². The van der Waals surface area contributed by atoms with Gasteiger partial charge in [0.25, 0.3) is 0 Å². The van der Waals surface area contributed by atoms with Crippen molar-refractivity contribution in [1.82, 2.24) is 0 Å². The summed E-state index contributed by atoms with van der Waals surface area (Å²) in [4.78, 5) is 0. The van der Waals surface area contributed by atoms with Crippen LogP contribution in [0.3, 0.4) is 0 Å². The molecule has 0 spiro atoms. The van der Waals surface area contributed by atoms with Crippen molar-refractivity contribution in [3.8, 4) is 28.7 Å². The van der Waals surface area contributed by atoms with Crippen LogP contribution in [0, 0.1) is 0 Å². The zero-order chi connectivity index (χ0) is 19.6. The van der Waals surface area contributed by atoms with Gasteiger partial charge in [-0.1, -0.05) is 19.1 Å². The highest BCUT2D eigenvalue weighted by Crippen LogP contribution is 2.52. The molecule has 1 heterocycles. The average Bonchev–Trinajstić information content (AvgIpc) is 3.03. The number of benzene rings is 2. The van der Waals surface area contributed by atoms with E-state index in [-0.39, 0.29) is 12.0 Å². The SMILES string of the molecule is C/C=C/c1cc(OC)c2c(c1)C(C)C(c1cc(OC)c(OC)c(OC)c1)O2. The van der Waals surface area contributed by atoms with E-state index in [9.17, 15) is 0 Å². The van der Waals surface area contributed by atoms with Gasteiger partial charge in [-0.05, 0) is 36.8 Å². The fourth-order valence-electron chi connectivity index (χ4n) is 3.57. The van der Waals surface area contributed by atoms with Crippen LogP contribution in [0.25, 0.3) is 6.08 Å². The van der Waals surface area contributed by atoms with Crippen LogP contribution in [0.15, 0.2) is 30.3 Å². The van der Waals surface area contributed by atoms with Gasteiger partial charge in [0.15, 0.2) is 23.0 Å². The van der Waals surface area contributed by atoms with E-state index in [4.69, 9.17) is 23.7 Å². The van der Waals surface area contributed by atoms with Crippen molar-refractivity contribution in [3.05, 3.63) is 47.0 Å². The first-order chi connectivity index (χ1) is 13.1. The number of methoxy groups -OCH3 is 4. The molecule has 2 aromatic carbocycles. The number of hydrogen-bond donors (Lipinski definition) is 0. The minimum absolute atomic E-state index is 0.141. The first-order valence-corrected chi connectivity index (χ1v) is 8.89. The van der Waals surface area contributed by atoms with Gasteiger partial charge in [-0.3, -0.25) is 0 Å². The summed E-state index contributed by atoms with van der Waals surface area (Å²) < 4.78 is 28.3. The highest BCUT2D eigenvalue weighted by atomic mass is 16.5. The van der Waals surface area contributed by atoms with Crippen molar-refractivity contribution in [2.75, 3.05) is 28.4 Å². The highest BCUT2D eigenvalue weighted by Gasteiger charge is 2.36. The molecule has 0 aromatic heterocycles. The first kappa shape index (κ1) is 19.0. The molecular weight excluding hydrogens is 344 g/mol. The molecule has 27 heavy (non-hydrogen) atoms. The van der Waals surface area contributed by atoms with Crippen molar-refractivity contribution in [1.29, 1.82) is 0 Å². The van der Waals surface area contributed by atoms with Crippen LogP contribution in [-0.2, 0) is 0 Å². The van der Waals surface area contributed by atoms with E-state index >= 15 is 0 Å². The summed E-state index contributed by atoms with van der Waals surface area (Å²) >= 11 is 0. The van der Waals surface area contributed by atoms with Crippen LogP contribution in [0.4, 0.5) is 0 Å². The summed E-state index contributed by atoms with van der Waals surface area (Å²) in [7, 11) is 6.48. The lowest BCUT2D eigenvalue weighted by molar-refractivity contribution is 0.207. The molecular formula is C22H26O5. The molecule has 1 aliphatic heterocycles. The van der Waals surface area contributed by atoms with Crippen molar-refractivity contribution < 1.29 is 23.7 Å². The standard InChI is InChI=1S/C22H26O5/c1-7-8-14-9-16-13(2)20(27-21(16)17(10-14)23-3)15-11-18(24-4)22(26-6)19(12-15)25-5/h7-13,20H,1-6H3/b8-7+. The number of hydrogen-bond acceptors (Lipinski definition) is 5. The molecule has 5 nitrogen and oxygen atoms in total. The van der Waals surface area contributed by atoms with Crippen LogP contribution >= 0.6 is 0 Å². The van der Waals surface area contributed by atoms with Gasteiger partial charge in [0.1, 0.15) is 6.10 Å². The summed E-state index contributed by atoms with van der Waals surface area (Å²) in [6, 6.07) is 8.02. The van der Waals surface area contributed by atoms with Gasteiger partial charge < -0.3 is 23.7 Å². The normalized spacial score (nSPS) is 18.1. The van der Waals surface area contributed by atoms with E-state index in [1.165, 1.54) is 0 Å². The molecule has 144 valence electrons. The molecule has 0 fully saturated rings. The van der Waals surface area contributed by atoms with E-state index in [0.29, 0.717) is 17.2 Å². The average molecular weight is 370 g/mol. The Balaban J connectivity index is 2.07. The van der Waals surface area contributed by atoms with E-state index in [1.807, 2.05) is 31.2 Å². The maximum atomic E-state index is 6.33. The van der Waals surface area contributed by atoms with Crippen LogP contribution in [-0.4, -0.2) is 28.4 Å². The van der Waals surface area contributed by atoms with E-state index < -0.39 is 0 Å². The highest BCUT2D eigenvalue weighted by molar-refractivity contribution is 5.62. The van der Waals surface area contributed by atoms with Crippen molar-refractivity contribution in [3.63, 3.8) is 0 Å². The fourth-order valence-corrected chi connectivity index (χ4v) is 3.57. The predicted molar refractivity (Wildman–Crippen MR) is 106 cm³/mol. The van der Waals surface area contributed by atoms with Gasteiger partial charge >= 0.3 is 0 Å². The second kappa shape index (κ2) is 7.82. The Morgan fingerprint density at radius 2 is 1.48 bits per heavy atom. The Bertz CT molecular complexity index is 831. The van der Waals surface area contributed by atoms with Gasteiger partial charge in [-0.2, -0.15) is 0 Å². The summed E-state index contributed by atoms with van der Waals surface area (Å²) in [5.74, 6) is 3.46. The maximum absolute atomic E-state index is 6.33. The second-order valence-electron chi connectivity index (χ2n) is 6.43. The second-order valence-corrected chi connectivity index (χ2v) is 6.43. The molecule has 0 N–H and O–H groups in total. The molecule has 0 saturated heterocycles. The number of rotatable bonds is 6. The Morgan fingerprint density at radius 3 is 2.00 bits per heavy atom. The summed E-state index contributed by atoms with van der Waals surface area (Å²) in [6.45, 7) is 4.15. The number of ether oxygens (including phenoxy) is 5. The van der Waals surface area contributed by atoms with Gasteiger partial charge in [0, 0.05) is 17.0 Å². The first-order valence-electron chi connectivity index (χ1n) is 8.89. The summed E-state index contributed by atoms with van der Waals surface area (Å²) in [5, 5.41) is 0. The quantitative estimate of drug-likeness (QED) is 0.717. The summed E-state index contributed by atoms with van der Waals surface area (Å²) in [6.07, 6.45) is 3.89. The Hall–Kier alpha value is -2.82. The monoisotopic (exact) mass is 370 g/mol. The van der Waals surface area contributed by atoms with Crippen molar-refractivity contribution in [2.24, 2.45) is 0 Å². The number of allylic oxidation sites excluding steroid dienone is 1. The largest absolute Gasteiger partial charge is 0.493 e. The number of fused-ring (bicyclic) bond motifs is 1. The molecule has 2 unspecified atom stereocenters. The van der Waals surface area contributed by atoms with Gasteiger partial charge in [0.05, 0.1) is 28.4 Å². The molecule has 0 bridgehead atoms. The molecule has 5 heteroatoms. The van der Waals surface area contributed by atoms with Gasteiger partial charge in [-0.15, -0.1) is 0 Å². The fraction of sp³-hybridized carbons (Fsp3) is 0.364. The van der Waals surface area contributed by atoms with E-state index in [1.54, 1.807) is 28.4 Å². The smallest absolute Gasteiger partial charge is 0.203 e. The maximum Gasteiger partial charge on any atom is 0.203 e. The minimum Gasteiger partial charge on any atom is -0.493 e. The van der Waals surface area contributed by atoms with Gasteiger partial charge in [0.2, 0.25) is 5.75 Å². The third kappa shape index (κ3) is 3.29. The molecule has 0 saturated carbocycles. The van der Waals surface area contributed by atoms with Crippen molar-refractivity contribution >= 4 is 6.08 Å². The summed E-state index contributed by atoms with van der Waals surface area (Å²) in [5.41, 5.74) is 3.18. The topological polar surface area (TPSA) is 46.2 Å². The lowest BCUT2D eigenvalue weighted by Gasteiger charge is -2.20. The molecule has 2 aromatic rings. The Kier molecular flexibility index (Phi) is 5.49. The zero-order valence-corrected chi connectivity index (χ0v) is 16.7. The molecule has 1 aliphatic rings. The molecule has 0 aliphatic carbocycles. The molecule has 0 radical (unpaired) electrons. The van der Waals surface area contributed by atoms with E-state index in [0.717, 1.165) is 28.2 Å². The van der Waals surface area contributed by atoms with Crippen molar-refractivity contribution in [2.45, 2.75) is 25.9 Å². The van der Waals surface area contributed by atoms with Crippen LogP contribution in [0.2, 0.25) is 0 Å². The Morgan fingerprint density at radius 1 is 0.852 bits per heavy atom. The molecule has 3 rings (SSSR count). The van der Waals surface area contributed by atoms with Crippen LogP contribution in [0.1, 0.15) is 42.6 Å². The third-order valence-electron chi connectivity index (χ3n) is 4.89. The minimum atomic E-state index is -0.177. The predicted octanol–water partition coefficient (Wildman–Crippen LogP) is 4.99. The van der Waals surface area contributed by atoms with Crippen LogP contribution in [0.5, 0.6) is 28.7 Å². The lowest BCUT2D eigenvalue weighted by atomic mass is 9.91. The zero-order valence-electron chi connectivity index (χ0n) is 16.7.